The zero-order chi connectivity index (χ0) is 29.9. The normalized spacial score (nSPS) is 13.7. The third-order valence-corrected chi connectivity index (χ3v) is 10.3. The maximum Gasteiger partial charge on any atom is 0.0547 e. The minimum Gasteiger partial charge on any atom is -0.309 e. The fraction of sp³-hybridized carbons (Fsp3) is 0.0698. The Labute approximate surface area is 261 Å². The summed E-state index contributed by atoms with van der Waals surface area (Å²) in [7, 11) is 0. The van der Waals surface area contributed by atoms with Crippen LogP contribution in [0.3, 0.4) is 0 Å². The van der Waals surface area contributed by atoms with Crippen LogP contribution in [0.5, 0.6) is 0 Å². The van der Waals surface area contributed by atoms with Gasteiger partial charge in [0.15, 0.2) is 0 Å². The predicted molar refractivity (Wildman–Crippen MR) is 190 cm³/mol. The van der Waals surface area contributed by atoms with Gasteiger partial charge in [-0.1, -0.05) is 105 Å². The van der Waals surface area contributed by atoms with Crippen LogP contribution in [-0.4, -0.2) is 9.13 Å². The second-order valence-corrected chi connectivity index (χ2v) is 13.0. The summed E-state index contributed by atoms with van der Waals surface area (Å²) in [6.45, 7) is 4.69. The van der Waals surface area contributed by atoms with E-state index in [2.05, 4.69) is 169 Å². The molecule has 0 amide bonds. The Kier molecular flexibility index (Phi) is 4.82. The van der Waals surface area contributed by atoms with Crippen LogP contribution >= 0.6 is 0 Å². The van der Waals surface area contributed by atoms with Crippen molar-refractivity contribution in [3.05, 3.63) is 157 Å². The molecular weight excluding hydrogens is 544 g/mol. The molecule has 2 nitrogen and oxygen atoms in total. The summed E-state index contributed by atoms with van der Waals surface area (Å²) in [4.78, 5) is 0. The number of benzene rings is 7. The molecule has 0 saturated carbocycles. The standard InChI is InChI=1S/C43H30N2/c1-43(2)36-17-9-6-14-30(36)34-25-29(21-22-37(34)43)45-38-18-10-7-15-31(38)35-26-33-27(24-41(35)45)20-23-40-42(33)32-16-8-11-19-39(32)44(40)28-12-4-3-5-13-28/h3-26H,1-2H3. The van der Waals surface area contributed by atoms with Crippen LogP contribution in [0.15, 0.2) is 146 Å². The molecule has 0 aliphatic heterocycles. The van der Waals surface area contributed by atoms with Gasteiger partial charge < -0.3 is 9.13 Å². The molecule has 0 atom stereocenters. The highest BCUT2D eigenvalue weighted by Gasteiger charge is 2.35. The van der Waals surface area contributed by atoms with Gasteiger partial charge in [-0.25, -0.2) is 0 Å². The van der Waals surface area contributed by atoms with Crippen LogP contribution in [0.1, 0.15) is 25.0 Å². The molecule has 0 unspecified atom stereocenters. The van der Waals surface area contributed by atoms with Gasteiger partial charge >= 0.3 is 0 Å². The van der Waals surface area contributed by atoms with Gasteiger partial charge in [-0.05, 0) is 87.6 Å². The summed E-state index contributed by atoms with van der Waals surface area (Å²) < 4.78 is 4.87. The van der Waals surface area contributed by atoms with E-state index in [0.29, 0.717) is 0 Å². The summed E-state index contributed by atoms with van der Waals surface area (Å²) in [5.74, 6) is 0. The van der Waals surface area contributed by atoms with Gasteiger partial charge in [0.05, 0.1) is 22.1 Å². The zero-order valence-corrected chi connectivity index (χ0v) is 25.3. The molecule has 45 heavy (non-hydrogen) atoms. The van der Waals surface area contributed by atoms with Crippen molar-refractivity contribution in [1.82, 2.24) is 9.13 Å². The second kappa shape index (κ2) is 8.74. The lowest BCUT2D eigenvalue weighted by Crippen LogP contribution is -2.14. The van der Waals surface area contributed by atoms with Crippen molar-refractivity contribution >= 4 is 54.4 Å². The molecule has 7 aromatic carbocycles. The fourth-order valence-corrected chi connectivity index (χ4v) is 8.24. The summed E-state index contributed by atoms with van der Waals surface area (Å²) >= 11 is 0. The molecule has 212 valence electrons. The molecule has 2 aromatic heterocycles. The summed E-state index contributed by atoms with van der Waals surface area (Å²) in [6, 6.07) is 53.9. The Morgan fingerprint density at radius 1 is 0.400 bits per heavy atom. The highest BCUT2D eigenvalue weighted by atomic mass is 15.0. The zero-order valence-electron chi connectivity index (χ0n) is 25.3. The number of hydrogen-bond acceptors (Lipinski definition) is 0. The molecule has 9 aromatic rings. The van der Waals surface area contributed by atoms with Crippen LogP contribution in [0.4, 0.5) is 0 Å². The van der Waals surface area contributed by atoms with Gasteiger partial charge in [-0.3, -0.25) is 0 Å². The maximum absolute atomic E-state index is 2.47. The average Bonchev–Trinajstić information content (AvgIpc) is 3.67. The molecule has 0 saturated heterocycles. The van der Waals surface area contributed by atoms with Gasteiger partial charge in [0, 0.05) is 38.3 Å². The van der Waals surface area contributed by atoms with E-state index in [0.717, 1.165) is 0 Å². The first kappa shape index (κ1) is 24.8. The van der Waals surface area contributed by atoms with Gasteiger partial charge in [-0.15, -0.1) is 0 Å². The molecular formula is C43H30N2. The van der Waals surface area contributed by atoms with E-state index in [9.17, 15) is 0 Å². The summed E-state index contributed by atoms with van der Waals surface area (Å²) in [6.07, 6.45) is 0. The predicted octanol–water partition coefficient (Wildman–Crippen LogP) is 11.3. The largest absolute Gasteiger partial charge is 0.309 e. The SMILES string of the molecule is CC1(C)c2ccccc2-c2cc(-n3c4ccccc4c4cc5c(ccc6c5c5ccccc5n6-c5ccccc5)cc43)ccc21. The van der Waals surface area contributed by atoms with E-state index < -0.39 is 0 Å². The van der Waals surface area contributed by atoms with E-state index in [1.807, 2.05) is 0 Å². The van der Waals surface area contributed by atoms with Gasteiger partial charge in [0.1, 0.15) is 0 Å². The highest BCUT2D eigenvalue weighted by Crippen LogP contribution is 2.49. The van der Waals surface area contributed by atoms with E-state index in [1.54, 1.807) is 0 Å². The molecule has 0 radical (unpaired) electrons. The van der Waals surface area contributed by atoms with E-state index in [4.69, 9.17) is 0 Å². The topological polar surface area (TPSA) is 9.86 Å². The first-order valence-electron chi connectivity index (χ1n) is 15.8. The molecule has 1 aliphatic carbocycles. The van der Waals surface area contributed by atoms with Crippen molar-refractivity contribution in [2.75, 3.05) is 0 Å². The Balaban J connectivity index is 1.29. The molecule has 0 N–H and O–H groups in total. The Morgan fingerprint density at radius 2 is 1.07 bits per heavy atom. The van der Waals surface area contributed by atoms with Crippen LogP contribution in [0, 0.1) is 0 Å². The van der Waals surface area contributed by atoms with Gasteiger partial charge in [-0.2, -0.15) is 0 Å². The number of rotatable bonds is 2. The minimum atomic E-state index is -0.00815. The van der Waals surface area contributed by atoms with Crippen molar-refractivity contribution in [1.29, 1.82) is 0 Å². The smallest absolute Gasteiger partial charge is 0.0547 e. The molecule has 1 aliphatic rings. The number of para-hydroxylation sites is 3. The Bertz CT molecular complexity index is 2670. The van der Waals surface area contributed by atoms with E-state index in [-0.39, 0.29) is 5.41 Å². The van der Waals surface area contributed by atoms with Crippen molar-refractivity contribution in [2.24, 2.45) is 0 Å². The fourth-order valence-electron chi connectivity index (χ4n) is 8.24. The van der Waals surface area contributed by atoms with Gasteiger partial charge in [0.25, 0.3) is 0 Å². The molecule has 2 heterocycles. The number of fused-ring (bicyclic) bond motifs is 11. The maximum atomic E-state index is 2.47. The lowest BCUT2D eigenvalue weighted by atomic mass is 9.82. The van der Waals surface area contributed by atoms with Crippen molar-refractivity contribution in [2.45, 2.75) is 19.3 Å². The Morgan fingerprint density at radius 3 is 1.91 bits per heavy atom. The monoisotopic (exact) mass is 574 g/mol. The highest BCUT2D eigenvalue weighted by molar-refractivity contribution is 6.25. The quantitative estimate of drug-likeness (QED) is 0.194. The number of aromatic nitrogens is 2. The Hall–Kier alpha value is -5.60. The van der Waals surface area contributed by atoms with Crippen molar-refractivity contribution in [3.63, 3.8) is 0 Å². The first-order valence-corrected chi connectivity index (χ1v) is 15.8. The summed E-state index contributed by atoms with van der Waals surface area (Å²) in [5, 5.41) is 7.69. The van der Waals surface area contributed by atoms with Crippen LogP contribution in [0.2, 0.25) is 0 Å². The number of hydrogen-bond donors (Lipinski definition) is 0. The van der Waals surface area contributed by atoms with Crippen LogP contribution in [-0.2, 0) is 5.41 Å². The molecule has 10 rings (SSSR count). The van der Waals surface area contributed by atoms with Crippen molar-refractivity contribution < 1.29 is 0 Å². The first-order chi connectivity index (χ1) is 22.1. The van der Waals surface area contributed by atoms with Crippen LogP contribution in [0.25, 0.3) is 76.9 Å². The van der Waals surface area contributed by atoms with Gasteiger partial charge in [0.2, 0.25) is 0 Å². The van der Waals surface area contributed by atoms with Crippen molar-refractivity contribution in [3.8, 4) is 22.5 Å². The molecule has 0 spiro atoms. The second-order valence-electron chi connectivity index (χ2n) is 13.0. The van der Waals surface area contributed by atoms with E-state index >= 15 is 0 Å². The lowest BCUT2D eigenvalue weighted by Gasteiger charge is -2.21. The number of nitrogens with zero attached hydrogens (tertiary/aromatic N) is 2. The molecule has 0 fully saturated rings. The molecule has 2 heteroatoms. The van der Waals surface area contributed by atoms with E-state index in [1.165, 1.54) is 88.0 Å². The minimum absolute atomic E-state index is 0.00815. The third-order valence-electron chi connectivity index (χ3n) is 10.3. The van der Waals surface area contributed by atoms with Crippen LogP contribution < -0.4 is 0 Å². The average molecular weight is 575 g/mol. The third kappa shape index (κ3) is 3.24. The molecule has 0 bridgehead atoms. The lowest BCUT2D eigenvalue weighted by molar-refractivity contribution is 0.660. The summed E-state index contributed by atoms with van der Waals surface area (Å²) in [5.41, 5.74) is 12.8.